The maximum atomic E-state index is 6.00. The number of hydrogen-bond donors (Lipinski definition) is 3. The van der Waals surface area contributed by atoms with Crippen molar-refractivity contribution in [3.8, 4) is 0 Å². The molecule has 136 valence electrons. The summed E-state index contributed by atoms with van der Waals surface area (Å²) >= 11 is 6.00. The van der Waals surface area contributed by atoms with Gasteiger partial charge in [-0.1, -0.05) is 29.8 Å². The van der Waals surface area contributed by atoms with Crippen LogP contribution in [0.15, 0.2) is 54.9 Å². The van der Waals surface area contributed by atoms with Crippen molar-refractivity contribution in [1.29, 1.82) is 0 Å². The van der Waals surface area contributed by atoms with E-state index >= 15 is 0 Å². The molecule has 0 saturated heterocycles. The minimum absolute atomic E-state index is 0.442. The predicted octanol–water partition coefficient (Wildman–Crippen LogP) is 4.71. The Kier molecular flexibility index (Phi) is 4.89. The molecule has 0 spiro atoms. The van der Waals surface area contributed by atoms with E-state index in [9.17, 15) is 0 Å². The number of anilines is 3. The molecule has 0 aliphatic carbocycles. The van der Waals surface area contributed by atoms with E-state index in [1.807, 2.05) is 31.2 Å². The van der Waals surface area contributed by atoms with Gasteiger partial charge in [0.1, 0.15) is 0 Å². The fraction of sp³-hybridized carbons (Fsp3) is 0.150. The molecule has 0 amide bonds. The number of nitrogens with one attached hydrogen (secondary N) is 3. The van der Waals surface area contributed by atoms with E-state index in [1.165, 1.54) is 10.9 Å². The maximum absolute atomic E-state index is 6.00. The second-order valence-electron chi connectivity index (χ2n) is 6.29. The first-order valence-electron chi connectivity index (χ1n) is 8.71. The third-order valence-corrected chi connectivity index (χ3v) is 4.60. The van der Waals surface area contributed by atoms with Gasteiger partial charge in [-0.15, -0.1) is 5.10 Å². The monoisotopic (exact) mass is 378 g/mol. The van der Waals surface area contributed by atoms with Crippen molar-refractivity contribution in [3.63, 3.8) is 0 Å². The highest BCUT2D eigenvalue weighted by atomic mass is 35.5. The van der Waals surface area contributed by atoms with Crippen LogP contribution in [0.1, 0.15) is 11.1 Å². The van der Waals surface area contributed by atoms with Crippen LogP contribution >= 0.6 is 11.6 Å². The molecule has 0 unspecified atom stereocenters. The van der Waals surface area contributed by atoms with Crippen molar-refractivity contribution in [3.05, 3.63) is 71.0 Å². The van der Waals surface area contributed by atoms with Gasteiger partial charge in [0.25, 0.3) is 0 Å². The van der Waals surface area contributed by atoms with E-state index in [2.05, 4.69) is 55.2 Å². The number of aromatic nitrogens is 4. The maximum Gasteiger partial charge on any atom is 0.249 e. The van der Waals surface area contributed by atoms with E-state index in [1.54, 1.807) is 6.20 Å². The largest absolute Gasteiger partial charge is 0.368 e. The molecule has 7 heteroatoms. The first-order valence-corrected chi connectivity index (χ1v) is 9.08. The number of halogens is 1. The summed E-state index contributed by atoms with van der Waals surface area (Å²) in [6.45, 7) is 2.73. The molecule has 3 N–H and O–H groups in total. The highest BCUT2D eigenvalue weighted by molar-refractivity contribution is 6.30. The molecule has 0 fully saturated rings. The van der Waals surface area contributed by atoms with Gasteiger partial charge < -0.3 is 15.6 Å². The Morgan fingerprint density at radius 1 is 1.15 bits per heavy atom. The van der Waals surface area contributed by atoms with Crippen LogP contribution in [0.3, 0.4) is 0 Å². The smallest absolute Gasteiger partial charge is 0.249 e. The molecule has 0 bridgehead atoms. The van der Waals surface area contributed by atoms with Crippen LogP contribution in [0.25, 0.3) is 10.9 Å². The molecule has 0 aliphatic heterocycles. The topological polar surface area (TPSA) is 78.5 Å². The van der Waals surface area contributed by atoms with Crippen LogP contribution in [-0.2, 0) is 6.42 Å². The lowest BCUT2D eigenvalue weighted by molar-refractivity contribution is 0.952. The Morgan fingerprint density at radius 2 is 2.04 bits per heavy atom. The minimum Gasteiger partial charge on any atom is -0.368 e. The predicted molar refractivity (Wildman–Crippen MR) is 110 cm³/mol. The molecular weight excluding hydrogens is 360 g/mol. The first-order chi connectivity index (χ1) is 13.2. The van der Waals surface area contributed by atoms with Gasteiger partial charge in [0.2, 0.25) is 5.95 Å². The van der Waals surface area contributed by atoms with Gasteiger partial charge in [0.05, 0.1) is 6.20 Å². The molecule has 4 aromatic rings. The number of benzene rings is 2. The Morgan fingerprint density at radius 3 is 2.93 bits per heavy atom. The summed E-state index contributed by atoms with van der Waals surface area (Å²) in [6.07, 6.45) is 4.56. The second kappa shape index (κ2) is 7.63. The molecule has 0 aliphatic rings. The van der Waals surface area contributed by atoms with Crippen molar-refractivity contribution in [1.82, 2.24) is 20.2 Å². The molecular formula is C20H19ClN6. The molecule has 2 aromatic heterocycles. The van der Waals surface area contributed by atoms with Crippen molar-refractivity contribution in [2.24, 2.45) is 0 Å². The average Bonchev–Trinajstić information content (AvgIpc) is 3.08. The van der Waals surface area contributed by atoms with Crippen LogP contribution in [-0.4, -0.2) is 26.7 Å². The lowest BCUT2D eigenvalue weighted by atomic mass is 10.1. The summed E-state index contributed by atoms with van der Waals surface area (Å²) < 4.78 is 0. The number of rotatable bonds is 6. The number of H-pyrrole nitrogens is 1. The van der Waals surface area contributed by atoms with Crippen molar-refractivity contribution < 1.29 is 0 Å². The zero-order chi connectivity index (χ0) is 18.6. The van der Waals surface area contributed by atoms with E-state index in [0.29, 0.717) is 16.8 Å². The third-order valence-electron chi connectivity index (χ3n) is 4.37. The van der Waals surface area contributed by atoms with Gasteiger partial charge in [-0.05, 0) is 48.7 Å². The normalized spacial score (nSPS) is 10.9. The number of aryl methyl sites for hydroxylation is 1. The zero-order valence-electron chi connectivity index (χ0n) is 14.8. The fourth-order valence-electron chi connectivity index (χ4n) is 2.99. The number of nitrogens with zero attached hydrogens (tertiary/aromatic N) is 3. The lowest BCUT2D eigenvalue weighted by Gasteiger charge is -2.09. The Labute approximate surface area is 162 Å². The Balaban J connectivity index is 1.40. The molecule has 6 nitrogen and oxygen atoms in total. The van der Waals surface area contributed by atoms with Gasteiger partial charge in [-0.25, -0.2) is 0 Å². The second-order valence-corrected chi connectivity index (χ2v) is 6.72. The van der Waals surface area contributed by atoms with Gasteiger partial charge >= 0.3 is 0 Å². The lowest BCUT2D eigenvalue weighted by Crippen LogP contribution is -2.09. The highest BCUT2D eigenvalue weighted by Crippen LogP contribution is 2.22. The summed E-state index contributed by atoms with van der Waals surface area (Å²) in [4.78, 5) is 7.77. The summed E-state index contributed by atoms with van der Waals surface area (Å²) in [7, 11) is 0. The van der Waals surface area contributed by atoms with E-state index in [-0.39, 0.29) is 0 Å². The van der Waals surface area contributed by atoms with Gasteiger partial charge in [-0.3, -0.25) is 0 Å². The summed E-state index contributed by atoms with van der Waals surface area (Å²) in [5.41, 5.74) is 4.34. The molecule has 2 heterocycles. The third kappa shape index (κ3) is 4.01. The summed E-state index contributed by atoms with van der Waals surface area (Å²) in [6, 6.07) is 13.9. The SMILES string of the molecule is Cc1cc(Cl)ccc1Nc1nncc(NCCc2c[nH]c3ccccc23)n1. The minimum atomic E-state index is 0.442. The Bertz CT molecular complexity index is 1070. The van der Waals surface area contributed by atoms with Crippen molar-refractivity contribution in [2.45, 2.75) is 13.3 Å². The van der Waals surface area contributed by atoms with Crippen LogP contribution in [0, 0.1) is 6.92 Å². The molecule has 27 heavy (non-hydrogen) atoms. The van der Waals surface area contributed by atoms with Gasteiger partial charge in [0, 0.05) is 34.4 Å². The van der Waals surface area contributed by atoms with Crippen LogP contribution in [0.4, 0.5) is 17.5 Å². The van der Waals surface area contributed by atoms with E-state index in [0.717, 1.165) is 29.7 Å². The standard InChI is InChI=1S/C20H19ClN6/c1-13-10-15(21)6-7-17(13)25-20-26-19(12-24-27-20)22-9-8-14-11-23-18-5-3-2-4-16(14)18/h2-7,10-12,23H,8-9H2,1H3,(H2,22,25,26,27). The number of aromatic amines is 1. The van der Waals surface area contributed by atoms with Gasteiger partial charge in [-0.2, -0.15) is 10.1 Å². The molecule has 0 saturated carbocycles. The molecule has 2 aromatic carbocycles. The average molecular weight is 379 g/mol. The van der Waals surface area contributed by atoms with Gasteiger partial charge in [0.15, 0.2) is 5.82 Å². The van der Waals surface area contributed by atoms with Crippen LogP contribution in [0.5, 0.6) is 0 Å². The van der Waals surface area contributed by atoms with Crippen LogP contribution in [0.2, 0.25) is 5.02 Å². The number of hydrogen-bond acceptors (Lipinski definition) is 5. The molecule has 0 radical (unpaired) electrons. The molecule has 0 atom stereocenters. The highest BCUT2D eigenvalue weighted by Gasteiger charge is 2.06. The van der Waals surface area contributed by atoms with Crippen LogP contribution < -0.4 is 10.6 Å². The zero-order valence-corrected chi connectivity index (χ0v) is 15.6. The number of para-hydroxylation sites is 1. The van der Waals surface area contributed by atoms with E-state index in [4.69, 9.17) is 11.6 Å². The first kappa shape index (κ1) is 17.3. The van der Waals surface area contributed by atoms with Crippen molar-refractivity contribution >= 4 is 40.0 Å². The molecule has 4 rings (SSSR count). The summed E-state index contributed by atoms with van der Waals surface area (Å²) in [5.74, 6) is 1.12. The quantitative estimate of drug-likeness (QED) is 0.452. The fourth-order valence-corrected chi connectivity index (χ4v) is 3.22. The van der Waals surface area contributed by atoms with Crippen molar-refractivity contribution in [2.75, 3.05) is 17.2 Å². The Hall–Kier alpha value is -3.12. The van der Waals surface area contributed by atoms with E-state index < -0.39 is 0 Å². The summed E-state index contributed by atoms with van der Waals surface area (Å²) in [5, 5.41) is 16.5. The number of fused-ring (bicyclic) bond motifs is 1.